The minimum absolute atomic E-state index is 0.0124. The molecule has 1 N–H and O–H groups in total. The van der Waals surface area contributed by atoms with Crippen molar-refractivity contribution in [2.45, 2.75) is 62.3 Å². The average Bonchev–Trinajstić information content (AvgIpc) is 3.24. The molecule has 2 fully saturated rings. The van der Waals surface area contributed by atoms with E-state index in [0.29, 0.717) is 35.6 Å². The molecule has 8 nitrogen and oxygen atoms in total. The van der Waals surface area contributed by atoms with Gasteiger partial charge in [0.1, 0.15) is 11.2 Å². The van der Waals surface area contributed by atoms with E-state index < -0.39 is 5.92 Å². The van der Waals surface area contributed by atoms with Gasteiger partial charge in [-0.25, -0.2) is 18.4 Å². The van der Waals surface area contributed by atoms with Crippen LogP contribution in [0, 0.1) is 0 Å². The maximum atomic E-state index is 13.5. The number of halogens is 2. The first kappa shape index (κ1) is 16.5. The molecule has 10 heteroatoms. The van der Waals surface area contributed by atoms with Crippen molar-refractivity contribution in [3.05, 3.63) is 34.7 Å². The quantitative estimate of drug-likeness (QED) is 0.754. The largest absolute Gasteiger partial charge is 0.428 e. The molecule has 3 aromatic rings. The van der Waals surface area contributed by atoms with Crippen LogP contribution in [0.1, 0.15) is 68.1 Å². The van der Waals surface area contributed by atoms with E-state index in [1.807, 2.05) is 0 Å². The van der Waals surface area contributed by atoms with Gasteiger partial charge in [0, 0.05) is 24.7 Å². The second-order valence-electron chi connectivity index (χ2n) is 7.43. The minimum Gasteiger partial charge on any atom is -0.428 e. The number of hydrogen-bond acceptors (Lipinski definition) is 6. The number of fused-ring (bicyclic) bond motifs is 1. The Labute approximate surface area is 152 Å². The number of aromatic amines is 1. The first-order chi connectivity index (χ1) is 13.0. The Balaban J connectivity index is 1.50. The summed E-state index contributed by atoms with van der Waals surface area (Å²) >= 11 is 0. The van der Waals surface area contributed by atoms with E-state index in [4.69, 9.17) is 4.42 Å². The maximum absolute atomic E-state index is 13.5. The lowest BCUT2D eigenvalue weighted by atomic mass is 9.73. The highest BCUT2D eigenvalue weighted by atomic mass is 19.3. The summed E-state index contributed by atoms with van der Waals surface area (Å²) in [5.41, 5.74) is 0.193. The van der Waals surface area contributed by atoms with Crippen LogP contribution in [0.15, 0.2) is 21.8 Å². The molecule has 0 saturated heterocycles. The third kappa shape index (κ3) is 2.74. The van der Waals surface area contributed by atoms with Crippen molar-refractivity contribution in [2.75, 3.05) is 0 Å². The molecule has 0 spiro atoms. The average molecular weight is 376 g/mol. The molecular formula is C17H18F2N6O2. The fourth-order valence-electron chi connectivity index (χ4n) is 4.13. The molecule has 0 amide bonds. The van der Waals surface area contributed by atoms with Gasteiger partial charge in [-0.1, -0.05) is 0 Å². The Kier molecular flexibility index (Phi) is 3.63. The summed E-state index contributed by atoms with van der Waals surface area (Å²) in [4.78, 5) is 20.0. The molecule has 2 atom stereocenters. The number of H-pyrrole nitrogens is 1. The number of hydrogen-bond donors (Lipinski definition) is 1. The molecule has 2 aliphatic carbocycles. The Morgan fingerprint density at radius 3 is 2.63 bits per heavy atom. The second kappa shape index (κ2) is 5.93. The molecule has 5 rings (SSSR count). The Bertz CT molecular complexity index is 1020. The Morgan fingerprint density at radius 1 is 1.19 bits per heavy atom. The zero-order valence-corrected chi connectivity index (χ0v) is 14.4. The van der Waals surface area contributed by atoms with Gasteiger partial charge >= 0.3 is 0 Å². The van der Waals surface area contributed by atoms with Crippen LogP contribution in [0.4, 0.5) is 8.78 Å². The van der Waals surface area contributed by atoms with Crippen LogP contribution in [0.5, 0.6) is 0 Å². The van der Waals surface area contributed by atoms with Crippen LogP contribution in [0.3, 0.4) is 0 Å². The van der Waals surface area contributed by atoms with E-state index >= 15 is 0 Å². The summed E-state index contributed by atoms with van der Waals surface area (Å²) in [6, 6.07) is -0.169. The summed E-state index contributed by atoms with van der Waals surface area (Å²) in [6.07, 6.45) is 4.79. The van der Waals surface area contributed by atoms with Gasteiger partial charge in [-0.05, 0) is 25.7 Å². The highest BCUT2D eigenvalue weighted by Gasteiger charge is 2.39. The molecule has 27 heavy (non-hydrogen) atoms. The molecule has 142 valence electrons. The molecule has 0 aromatic carbocycles. The summed E-state index contributed by atoms with van der Waals surface area (Å²) in [5, 5.41) is 12.4. The van der Waals surface area contributed by atoms with Crippen molar-refractivity contribution < 1.29 is 13.2 Å². The number of aromatic nitrogens is 6. The number of alkyl halides is 2. The van der Waals surface area contributed by atoms with Crippen LogP contribution in [-0.4, -0.2) is 35.9 Å². The standard InChI is InChI=1S/C17H18F2N6O2/c18-17(19)5-3-9(4-6-17)25-14-12(7-21-25)15(26)23-13(22-14)10-1-2-11(10)16-24-20-8-27-16/h7-11H,1-6H2,(H,22,23,26)/t10-,11-/m0/s1. The maximum Gasteiger partial charge on any atom is 0.262 e. The molecule has 3 heterocycles. The van der Waals surface area contributed by atoms with E-state index in [2.05, 4.69) is 25.3 Å². The van der Waals surface area contributed by atoms with E-state index in [1.54, 1.807) is 4.68 Å². The minimum atomic E-state index is -2.61. The molecule has 3 aromatic heterocycles. The summed E-state index contributed by atoms with van der Waals surface area (Å²) in [7, 11) is 0. The smallest absolute Gasteiger partial charge is 0.262 e. The predicted octanol–water partition coefficient (Wildman–Crippen LogP) is 2.91. The van der Waals surface area contributed by atoms with E-state index in [-0.39, 0.29) is 36.3 Å². The van der Waals surface area contributed by atoms with E-state index in [1.165, 1.54) is 12.6 Å². The molecular weight excluding hydrogens is 358 g/mol. The third-order valence-electron chi connectivity index (χ3n) is 5.83. The van der Waals surface area contributed by atoms with E-state index in [9.17, 15) is 13.6 Å². The highest BCUT2D eigenvalue weighted by molar-refractivity contribution is 5.73. The van der Waals surface area contributed by atoms with Crippen molar-refractivity contribution in [2.24, 2.45) is 0 Å². The topological polar surface area (TPSA) is 102 Å². The molecule has 0 unspecified atom stereocenters. The van der Waals surface area contributed by atoms with Crippen molar-refractivity contribution >= 4 is 11.0 Å². The van der Waals surface area contributed by atoms with E-state index in [0.717, 1.165) is 12.8 Å². The van der Waals surface area contributed by atoms with Gasteiger partial charge in [0.2, 0.25) is 18.2 Å². The Morgan fingerprint density at radius 2 is 1.96 bits per heavy atom. The van der Waals surface area contributed by atoms with Gasteiger partial charge in [-0.3, -0.25) is 4.79 Å². The monoisotopic (exact) mass is 376 g/mol. The second-order valence-corrected chi connectivity index (χ2v) is 7.43. The third-order valence-corrected chi connectivity index (χ3v) is 5.83. The molecule has 0 aliphatic heterocycles. The van der Waals surface area contributed by atoms with Crippen molar-refractivity contribution in [1.29, 1.82) is 0 Å². The van der Waals surface area contributed by atoms with Gasteiger partial charge in [0.25, 0.3) is 5.56 Å². The van der Waals surface area contributed by atoms with Crippen molar-refractivity contribution in [1.82, 2.24) is 29.9 Å². The molecule has 2 aliphatic rings. The first-order valence-corrected chi connectivity index (χ1v) is 9.13. The summed E-state index contributed by atoms with van der Waals surface area (Å²) in [5.74, 6) is -1.50. The fraction of sp³-hybridized carbons (Fsp3) is 0.588. The Hall–Kier alpha value is -2.65. The lowest BCUT2D eigenvalue weighted by molar-refractivity contribution is -0.0446. The SMILES string of the molecule is O=c1[nH]c([C@H]2CC[C@@H]2c2nnco2)nc2c1cnn2C1CCC(F)(F)CC1. The van der Waals surface area contributed by atoms with Crippen LogP contribution >= 0.6 is 0 Å². The van der Waals surface area contributed by atoms with Crippen molar-refractivity contribution in [3.8, 4) is 0 Å². The lowest BCUT2D eigenvalue weighted by Crippen LogP contribution is -2.28. The van der Waals surface area contributed by atoms with Gasteiger partial charge < -0.3 is 9.40 Å². The first-order valence-electron chi connectivity index (χ1n) is 9.13. The molecule has 0 radical (unpaired) electrons. The molecule has 2 saturated carbocycles. The highest BCUT2D eigenvalue weighted by Crippen LogP contribution is 2.47. The number of rotatable bonds is 3. The van der Waals surface area contributed by atoms with Gasteiger partial charge in [0.15, 0.2) is 5.65 Å². The summed E-state index contributed by atoms with van der Waals surface area (Å²) < 4.78 is 33.9. The predicted molar refractivity (Wildman–Crippen MR) is 89.6 cm³/mol. The van der Waals surface area contributed by atoms with Crippen LogP contribution < -0.4 is 5.56 Å². The van der Waals surface area contributed by atoms with Crippen LogP contribution in [-0.2, 0) is 0 Å². The summed E-state index contributed by atoms with van der Waals surface area (Å²) in [6.45, 7) is 0. The number of nitrogens with one attached hydrogen (secondary N) is 1. The van der Waals surface area contributed by atoms with Gasteiger partial charge in [-0.2, -0.15) is 5.10 Å². The zero-order chi connectivity index (χ0) is 18.6. The normalized spacial score (nSPS) is 25.6. The zero-order valence-electron chi connectivity index (χ0n) is 14.4. The van der Waals surface area contributed by atoms with Gasteiger partial charge in [0.05, 0.1) is 12.2 Å². The fourth-order valence-corrected chi connectivity index (χ4v) is 4.13. The van der Waals surface area contributed by atoms with Crippen LogP contribution in [0.2, 0.25) is 0 Å². The van der Waals surface area contributed by atoms with Crippen molar-refractivity contribution in [3.63, 3.8) is 0 Å². The molecule has 0 bridgehead atoms. The van der Waals surface area contributed by atoms with Crippen LogP contribution in [0.25, 0.3) is 11.0 Å². The number of nitrogens with zero attached hydrogens (tertiary/aromatic N) is 5. The van der Waals surface area contributed by atoms with Gasteiger partial charge in [-0.15, -0.1) is 10.2 Å². The lowest BCUT2D eigenvalue weighted by Gasteiger charge is -2.33.